The highest BCUT2D eigenvalue weighted by Crippen LogP contribution is 2.20. The van der Waals surface area contributed by atoms with Crippen molar-refractivity contribution >= 4 is 40.0 Å². The Bertz CT molecular complexity index is 1080. The molecule has 0 radical (unpaired) electrons. The van der Waals surface area contributed by atoms with E-state index in [1.807, 2.05) is 24.3 Å². The number of benzene rings is 2. The SMILES string of the molecule is O=C(CCC1NC(=O)c2ccccc2NC1=O)Nc1ccc2ncccc2c1. The number of aromatic nitrogens is 1. The van der Waals surface area contributed by atoms with Crippen LogP contribution >= 0.6 is 0 Å². The van der Waals surface area contributed by atoms with Gasteiger partial charge in [-0.2, -0.15) is 0 Å². The highest BCUT2D eigenvalue weighted by molar-refractivity contribution is 6.10. The first-order valence-electron chi connectivity index (χ1n) is 8.95. The van der Waals surface area contributed by atoms with Crippen LogP contribution in [0, 0.1) is 0 Å². The molecule has 2 aromatic carbocycles. The van der Waals surface area contributed by atoms with E-state index in [0.717, 1.165) is 10.9 Å². The Balaban J connectivity index is 1.39. The third-order valence-electron chi connectivity index (χ3n) is 4.60. The number of fused-ring (bicyclic) bond motifs is 2. The number of hydrogen-bond acceptors (Lipinski definition) is 4. The summed E-state index contributed by atoms with van der Waals surface area (Å²) in [6.07, 6.45) is 2.01. The van der Waals surface area contributed by atoms with E-state index >= 15 is 0 Å². The Morgan fingerprint density at radius 2 is 1.93 bits per heavy atom. The van der Waals surface area contributed by atoms with Crippen LogP contribution in [0.3, 0.4) is 0 Å². The van der Waals surface area contributed by atoms with Crippen LogP contribution in [-0.2, 0) is 9.59 Å². The smallest absolute Gasteiger partial charge is 0.254 e. The van der Waals surface area contributed by atoms with E-state index in [9.17, 15) is 14.4 Å². The molecule has 3 N–H and O–H groups in total. The minimum Gasteiger partial charge on any atom is -0.340 e. The van der Waals surface area contributed by atoms with Crippen molar-refractivity contribution in [2.75, 3.05) is 10.6 Å². The van der Waals surface area contributed by atoms with Crippen molar-refractivity contribution in [2.24, 2.45) is 0 Å². The van der Waals surface area contributed by atoms with Gasteiger partial charge in [-0.1, -0.05) is 18.2 Å². The normalized spacial score (nSPS) is 15.9. The van der Waals surface area contributed by atoms with Crippen molar-refractivity contribution in [3.63, 3.8) is 0 Å². The van der Waals surface area contributed by atoms with Crippen LogP contribution in [0.25, 0.3) is 10.9 Å². The number of nitrogens with one attached hydrogen (secondary N) is 3. The van der Waals surface area contributed by atoms with Crippen molar-refractivity contribution in [3.05, 3.63) is 66.4 Å². The fourth-order valence-corrected chi connectivity index (χ4v) is 3.17. The molecule has 0 spiro atoms. The quantitative estimate of drug-likeness (QED) is 0.654. The Kier molecular flexibility index (Phi) is 4.72. The van der Waals surface area contributed by atoms with Gasteiger partial charge in [-0.15, -0.1) is 0 Å². The molecular weight excluding hydrogens is 356 g/mol. The number of rotatable bonds is 4. The molecule has 1 unspecified atom stereocenters. The number of amides is 3. The Morgan fingerprint density at radius 1 is 1.07 bits per heavy atom. The molecule has 7 nitrogen and oxygen atoms in total. The van der Waals surface area contributed by atoms with Crippen molar-refractivity contribution in [2.45, 2.75) is 18.9 Å². The van der Waals surface area contributed by atoms with Crippen LogP contribution in [-0.4, -0.2) is 28.7 Å². The fraction of sp³-hybridized carbons (Fsp3) is 0.143. The van der Waals surface area contributed by atoms with Gasteiger partial charge in [0, 0.05) is 23.7 Å². The maximum atomic E-state index is 12.4. The van der Waals surface area contributed by atoms with Gasteiger partial charge in [-0.3, -0.25) is 19.4 Å². The predicted octanol–water partition coefficient (Wildman–Crippen LogP) is 2.70. The van der Waals surface area contributed by atoms with E-state index < -0.39 is 6.04 Å². The third-order valence-corrected chi connectivity index (χ3v) is 4.60. The molecule has 28 heavy (non-hydrogen) atoms. The zero-order chi connectivity index (χ0) is 19.5. The molecule has 1 aliphatic heterocycles. The summed E-state index contributed by atoms with van der Waals surface area (Å²) in [7, 11) is 0. The Labute approximate surface area is 161 Å². The van der Waals surface area contributed by atoms with Crippen molar-refractivity contribution in [1.82, 2.24) is 10.3 Å². The minimum absolute atomic E-state index is 0.0970. The highest BCUT2D eigenvalue weighted by Gasteiger charge is 2.27. The molecule has 0 saturated carbocycles. The monoisotopic (exact) mass is 374 g/mol. The Hall–Kier alpha value is -3.74. The van der Waals surface area contributed by atoms with Gasteiger partial charge in [0.2, 0.25) is 11.8 Å². The second-order valence-corrected chi connectivity index (χ2v) is 6.56. The lowest BCUT2D eigenvalue weighted by Gasteiger charge is -2.14. The van der Waals surface area contributed by atoms with Gasteiger partial charge < -0.3 is 16.0 Å². The number of para-hydroxylation sites is 1. The summed E-state index contributed by atoms with van der Waals surface area (Å²) in [6.45, 7) is 0. The summed E-state index contributed by atoms with van der Waals surface area (Å²) in [4.78, 5) is 41.2. The molecule has 3 aromatic rings. The van der Waals surface area contributed by atoms with E-state index in [4.69, 9.17) is 0 Å². The van der Waals surface area contributed by atoms with E-state index in [2.05, 4.69) is 20.9 Å². The second-order valence-electron chi connectivity index (χ2n) is 6.56. The molecule has 1 atom stereocenters. The predicted molar refractivity (Wildman–Crippen MR) is 106 cm³/mol. The number of carbonyl (C=O) groups is 3. The van der Waals surface area contributed by atoms with Gasteiger partial charge >= 0.3 is 0 Å². The summed E-state index contributed by atoms with van der Waals surface area (Å²) < 4.78 is 0. The zero-order valence-corrected chi connectivity index (χ0v) is 14.9. The zero-order valence-electron chi connectivity index (χ0n) is 14.9. The standard InChI is InChI=1S/C21H18N4O3/c26-19(23-14-7-8-16-13(12-14)4-3-11-22-16)10-9-18-21(28)24-17-6-2-1-5-15(17)20(27)25-18/h1-8,11-12,18H,9-10H2,(H,23,26)(H,24,28)(H,25,27). The molecule has 4 rings (SSSR count). The second kappa shape index (κ2) is 7.48. The van der Waals surface area contributed by atoms with Gasteiger partial charge in [0.05, 0.1) is 16.8 Å². The average molecular weight is 374 g/mol. The molecule has 7 heteroatoms. The van der Waals surface area contributed by atoms with Crippen molar-refractivity contribution in [3.8, 4) is 0 Å². The first-order valence-corrected chi connectivity index (χ1v) is 8.95. The summed E-state index contributed by atoms with van der Waals surface area (Å²) in [5.74, 6) is -0.892. The average Bonchev–Trinajstić information content (AvgIpc) is 2.82. The molecule has 0 bridgehead atoms. The number of carbonyl (C=O) groups excluding carboxylic acids is 3. The first kappa shape index (κ1) is 17.7. The molecule has 0 fully saturated rings. The lowest BCUT2D eigenvalue weighted by atomic mass is 10.1. The molecule has 1 aliphatic rings. The van der Waals surface area contributed by atoms with Crippen molar-refractivity contribution in [1.29, 1.82) is 0 Å². The topological polar surface area (TPSA) is 100 Å². The van der Waals surface area contributed by atoms with Crippen LogP contribution in [0.5, 0.6) is 0 Å². The summed E-state index contributed by atoms with van der Waals surface area (Å²) in [5, 5.41) is 9.17. The molecule has 1 aromatic heterocycles. The highest BCUT2D eigenvalue weighted by atomic mass is 16.2. The summed E-state index contributed by atoms with van der Waals surface area (Å²) >= 11 is 0. The number of hydrogen-bond donors (Lipinski definition) is 3. The van der Waals surface area contributed by atoms with E-state index in [1.54, 1.807) is 36.5 Å². The van der Waals surface area contributed by atoms with Crippen LogP contribution in [0.2, 0.25) is 0 Å². The van der Waals surface area contributed by atoms with Crippen LogP contribution in [0.4, 0.5) is 11.4 Å². The van der Waals surface area contributed by atoms with Gasteiger partial charge in [0.15, 0.2) is 0 Å². The fourth-order valence-electron chi connectivity index (χ4n) is 3.17. The van der Waals surface area contributed by atoms with Gasteiger partial charge in [0.25, 0.3) is 5.91 Å². The van der Waals surface area contributed by atoms with Gasteiger partial charge in [-0.25, -0.2) is 0 Å². The number of nitrogens with zero attached hydrogens (tertiary/aromatic N) is 1. The van der Waals surface area contributed by atoms with E-state index in [-0.39, 0.29) is 30.6 Å². The number of pyridine rings is 1. The summed E-state index contributed by atoms with van der Waals surface area (Å²) in [6, 6.07) is 15.2. The van der Waals surface area contributed by atoms with Crippen LogP contribution < -0.4 is 16.0 Å². The number of anilines is 2. The lowest BCUT2D eigenvalue weighted by molar-refractivity contribution is -0.118. The molecule has 140 valence electrons. The molecule has 2 heterocycles. The van der Waals surface area contributed by atoms with Gasteiger partial charge in [-0.05, 0) is 42.8 Å². The van der Waals surface area contributed by atoms with Crippen molar-refractivity contribution < 1.29 is 14.4 Å². The summed E-state index contributed by atoms with van der Waals surface area (Å²) in [5.41, 5.74) is 2.39. The third kappa shape index (κ3) is 3.68. The van der Waals surface area contributed by atoms with Crippen LogP contribution in [0.15, 0.2) is 60.8 Å². The molecule has 3 amide bonds. The lowest BCUT2D eigenvalue weighted by Crippen LogP contribution is -2.41. The maximum Gasteiger partial charge on any atom is 0.254 e. The van der Waals surface area contributed by atoms with E-state index in [1.165, 1.54) is 0 Å². The minimum atomic E-state index is -0.772. The first-order chi connectivity index (χ1) is 13.6. The van der Waals surface area contributed by atoms with Gasteiger partial charge in [0.1, 0.15) is 6.04 Å². The Morgan fingerprint density at radius 3 is 2.82 bits per heavy atom. The largest absolute Gasteiger partial charge is 0.340 e. The van der Waals surface area contributed by atoms with E-state index in [0.29, 0.717) is 16.9 Å². The molecule has 0 aliphatic carbocycles. The molecular formula is C21H18N4O3. The molecule has 0 saturated heterocycles. The van der Waals surface area contributed by atoms with Crippen LogP contribution in [0.1, 0.15) is 23.2 Å². The maximum absolute atomic E-state index is 12.4.